The minimum absolute atomic E-state index is 0.157. The summed E-state index contributed by atoms with van der Waals surface area (Å²) in [4.78, 5) is 13.1. The molecule has 1 fully saturated rings. The lowest BCUT2D eigenvalue weighted by atomic mass is 10.2. The quantitative estimate of drug-likeness (QED) is 0.653. The highest BCUT2D eigenvalue weighted by Gasteiger charge is 2.26. The second kappa shape index (κ2) is 8.35. The molecule has 1 aliphatic heterocycles. The van der Waals surface area contributed by atoms with Gasteiger partial charge in [-0.25, -0.2) is 8.42 Å². The summed E-state index contributed by atoms with van der Waals surface area (Å²) >= 11 is 1.49. The molecular formula is C21H23N3O4S2. The Bertz CT molecular complexity index is 1160. The van der Waals surface area contributed by atoms with Gasteiger partial charge in [0, 0.05) is 30.2 Å². The van der Waals surface area contributed by atoms with E-state index in [0.717, 1.165) is 16.4 Å². The fourth-order valence-corrected chi connectivity index (χ4v) is 5.97. The zero-order chi connectivity index (χ0) is 21.3. The average Bonchev–Trinajstić information content (AvgIpc) is 3.35. The lowest BCUT2D eigenvalue weighted by molar-refractivity contribution is 0.0730. The second-order valence-electron chi connectivity index (χ2n) is 7.09. The van der Waals surface area contributed by atoms with Crippen molar-refractivity contribution in [2.75, 3.05) is 31.6 Å². The molecule has 3 heterocycles. The van der Waals surface area contributed by atoms with Crippen molar-refractivity contribution in [1.29, 1.82) is 0 Å². The molecule has 9 heteroatoms. The summed E-state index contributed by atoms with van der Waals surface area (Å²) in [5.74, 6) is -0.278. The number of ether oxygens (including phenoxy) is 1. The Hall–Kier alpha value is -2.46. The number of aromatic nitrogens is 1. The van der Waals surface area contributed by atoms with Crippen LogP contribution in [0, 0.1) is 13.8 Å². The van der Waals surface area contributed by atoms with Gasteiger partial charge in [0.05, 0.1) is 23.7 Å². The number of thiophene rings is 1. The maximum absolute atomic E-state index is 13.0. The largest absolute Gasteiger partial charge is 0.379 e. The number of morpholine rings is 1. The smallest absolute Gasteiger partial charge is 0.258 e. The number of carbonyl (C=O) groups excluding carboxylic acids is 1. The molecule has 0 atom stereocenters. The van der Waals surface area contributed by atoms with E-state index < -0.39 is 10.0 Å². The van der Waals surface area contributed by atoms with Gasteiger partial charge in [-0.2, -0.15) is 4.31 Å². The molecule has 0 bridgehead atoms. The fraction of sp³-hybridized carbons (Fsp3) is 0.286. The van der Waals surface area contributed by atoms with Crippen molar-refractivity contribution in [3.63, 3.8) is 0 Å². The van der Waals surface area contributed by atoms with E-state index in [1.54, 1.807) is 24.3 Å². The molecule has 30 heavy (non-hydrogen) atoms. The summed E-state index contributed by atoms with van der Waals surface area (Å²) in [5.41, 5.74) is 3.07. The van der Waals surface area contributed by atoms with Gasteiger partial charge < -0.3 is 14.6 Å². The van der Waals surface area contributed by atoms with Crippen LogP contribution in [0.3, 0.4) is 0 Å². The number of nitrogens with one attached hydrogen (secondary N) is 1. The standard InChI is InChI=1S/C21H23N3O4S2/c1-15-6-7-16(2)24(15)21-19(8-13-29-21)20(25)22-17-4-3-5-18(14-17)30(26,27)23-9-11-28-12-10-23/h3-8,13-14H,9-12H2,1-2H3,(H,22,25). The first-order valence-electron chi connectivity index (χ1n) is 9.60. The van der Waals surface area contributed by atoms with Crippen LogP contribution in [0.2, 0.25) is 0 Å². The lowest BCUT2D eigenvalue weighted by Gasteiger charge is -2.26. The number of aryl methyl sites for hydroxylation is 2. The van der Waals surface area contributed by atoms with E-state index in [-0.39, 0.29) is 10.8 Å². The number of anilines is 1. The van der Waals surface area contributed by atoms with Gasteiger partial charge >= 0.3 is 0 Å². The van der Waals surface area contributed by atoms with Crippen molar-refractivity contribution in [1.82, 2.24) is 8.87 Å². The highest BCUT2D eigenvalue weighted by Crippen LogP contribution is 2.27. The molecule has 7 nitrogen and oxygen atoms in total. The first-order chi connectivity index (χ1) is 14.4. The first-order valence-corrected chi connectivity index (χ1v) is 11.9. The van der Waals surface area contributed by atoms with Crippen LogP contribution < -0.4 is 5.32 Å². The summed E-state index contributed by atoms with van der Waals surface area (Å²) in [6, 6.07) is 12.2. The molecule has 1 aromatic carbocycles. The molecule has 2 aromatic heterocycles. The van der Waals surface area contributed by atoms with Gasteiger partial charge in [-0.15, -0.1) is 11.3 Å². The van der Waals surface area contributed by atoms with Crippen molar-refractivity contribution in [3.05, 3.63) is 64.8 Å². The third-order valence-corrected chi connectivity index (χ3v) is 7.86. The number of benzene rings is 1. The number of amides is 1. The van der Waals surface area contributed by atoms with Crippen LogP contribution >= 0.6 is 11.3 Å². The zero-order valence-electron chi connectivity index (χ0n) is 16.8. The summed E-state index contributed by atoms with van der Waals surface area (Å²) in [6.07, 6.45) is 0. The monoisotopic (exact) mass is 445 g/mol. The molecule has 1 aliphatic rings. The predicted octanol–water partition coefficient (Wildman–Crippen LogP) is 3.43. The number of nitrogens with zero attached hydrogens (tertiary/aromatic N) is 2. The Morgan fingerprint density at radius 2 is 1.77 bits per heavy atom. The summed E-state index contributed by atoms with van der Waals surface area (Å²) in [7, 11) is -3.63. The molecule has 1 N–H and O–H groups in total. The number of carbonyl (C=O) groups is 1. The van der Waals surface area contributed by atoms with Crippen LogP contribution in [0.25, 0.3) is 5.00 Å². The molecule has 1 amide bonds. The van der Waals surface area contributed by atoms with E-state index in [9.17, 15) is 13.2 Å². The van der Waals surface area contributed by atoms with Gasteiger partial charge in [-0.3, -0.25) is 4.79 Å². The van der Waals surface area contributed by atoms with Crippen LogP contribution in [0.1, 0.15) is 21.7 Å². The van der Waals surface area contributed by atoms with Crippen molar-refractivity contribution in [2.24, 2.45) is 0 Å². The summed E-state index contributed by atoms with van der Waals surface area (Å²) < 4.78 is 34.5. The van der Waals surface area contributed by atoms with Crippen molar-refractivity contribution < 1.29 is 17.9 Å². The summed E-state index contributed by atoms with van der Waals surface area (Å²) in [5, 5.41) is 5.56. The maximum Gasteiger partial charge on any atom is 0.258 e. The lowest BCUT2D eigenvalue weighted by Crippen LogP contribution is -2.40. The molecule has 1 saturated heterocycles. The average molecular weight is 446 g/mol. The number of hydrogen-bond acceptors (Lipinski definition) is 5. The molecule has 4 rings (SSSR count). The van der Waals surface area contributed by atoms with E-state index in [2.05, 4.69) is 5.32 Å². The van der Waals surface area contributed by atoms with Gasteiger partial charge in [-0.1, -0.05) is 6.07 Å². The topological polar surface area (TPSA) is 80.6 Å². The maximum atomic E-state index is 13.0. The Balaban J connectivity index is 1.59. The number of rotatable bonds is 5. The molecule has 158 valence electrons. The van der Waals surface area contributed by atoms with E-state index in [0.29, 0.717) is 37.6 Å². The molecule has 0 unspecified atom stereocenters. The van der Waals surface area contributed by atoms with Gasteiger partial charge in [0.2, 0.25) is 10.0 Å². The van der Waals surface area contributed by atoms with Crippen LogP contribution in [0.4, 0.5) is 5.69 Å². The molecule has 0 spiro atoms. The van der Waals surface area contributed by atoms with Crippen LogP contribution in [0.15, 0.2) is 52.7 Å². The van der Waals surface area contributed by atoms with E-state index >= 15 is 0 Å². The second-order valence-corrected chi connectivity index (χ2v) is 9.92. The highest BCUT2D eigenvalue weighted by molar-refractivity contribution is 7.89. The van der Waals surface area contributed by atoms with Crippen LogP contribution in [-0.2, 0) is 14.8 Å². The summed E-state index contributed by atoms with van der Waals surface area (Å²) in [6.45, 7) is 5.41. The van der Waals surface area contributed by atoms with Crippen molar-refractivity contribution in [2.45, 2.75) is 18.7 Å². The molecule has 0 aliphatic carbocycles. The first kappa shape index (κ1) is 20.8. The predicted molar refractivity (Wildman–Crippen MR) is 117 cm³/mol. The van der Waals surface area contributed by atoms with Crippen molar-refractivity contribution in [3.8, 4) is 5.00 Å². The van der Waals surface area contributed by atoms with Crippen LogP contribution in [-0.4, -0.2) is 49.5 Å². The zero-order valence-corrected chi connectivity index (χ0v) is 18.4. The Morgan fingerprint density at radius 3 is 2.47 bits per heavy atom. The molecule has 3 aromatic rings. The van der Waals surface area contributed by atoms with Gasteiger partial charge in [0.1, 0.15) is 5.00 Å². The van der Waals surface area contributed by atoms with E-state index in [4.69, 9.17) is 4.74 Å². The Labute approximate surface area is 179 Å². The normalized spacial score (nSPS) is 15.3. The fourth-order valence-electron chi connectivity index (χ4n) is 3.50. The van der Waals surface area contributed by atoms with Gasteiger partial charge in [0.25, 0.3) is 5.91 Å². The Morgan fingerprint density at radius 1 is 1.07 bits per heavy atom. The molecule has 0 saturated carbocycles. The van der Waals surface area contributed by atoms with E-state index in [1.165, 1.54) is 21.7 Å². The molecule has 0 radical (unpaired) electrons. The SMILES string of the molecule is Cc1ccc(C)n1-c1sccc1C(=O)Nc1cccc(S(=O)(=O)N2CCOCC2)c1. The van der Waals surface area contributed by atoms with Gasteiger partial charge in [-0.05, 0) is 55.6 Å². The third-order valence-electron chi connectivity index (χ3n) is 5.06. The number of sulfonamides is 1. The minimum Gasteiger partial charge on any atom is -0.379 e. The highest BCUT2D eigenvalue weighted by atomic mass is 32.2. The minimum atomic E-state index is -3.63. The van der Waals surface area contributed by atoms with Gasteiger partial charge in [0.15, 0.2) is 0 Å². The molecular weight excluding hydrogens is 422 g/mol. The third kappa shape index (κ3) is 3.93. The number of hydrogen-bond donors (Lipinski definition) is 1. The van der Waals surface area contributed by atoms with Crippen LogP contribution in [0.5, 0.6) is 0 Å². The van der Waals surface area contributed by atoms with E-state index in [1.807, 2.05) is 35.9 Å². The Kier molecular flexibility index (Phi) is 5.79. The van der Waals surface area contributed by atoms with Crippen molar-refractivity contribution >= 4 is 33.0 Å².